The van der Waals surface area contributed by atoms with E-state index in [-0.39, 0.29) is 53.5 Å². The Labute approximate surface area is 267 Å². The fourth-order valence-electron chi connectivity index (χ4n) is 5.01. The molecule has 0 radical (unpaired) electrons. The number of H-pyrrole nitrogens is 1. The molecule has 1 fully saturated rings. The monoisotopic (exact) mass is 658 g/mol. The van der Waals surface area contributed by atoms with E-state index < -0.39 is 36.7 Å². The van der Waals surface area contributed by atoms with Crippen molar-refractivity contribution in [3.8, 4) is 6.19 Å². The van der Waals surface area contributed by atoms with Gasteiger partial charge in [-0.05, 0) is 37.0 Å². The Bertz CT molecular complexity index is 1700. The SMILES string of the molecule is C=c1[nH]nc/c1=C/C=C(\C)C(=O)N1CCc2c(cc(Cl)c(C(=O)N[C@@H](CN=C(NC#N)N3CC[C@H](O)[C@@H](O)C3)C(=O)O)c2Cl)C1. The normalized spacial score (nSPS) is 19.9. The van der Waals surface area contributed by atoms with E-state index >= 15 is 0 Å². The molecule has 0 aliphatic carbocycles. The Morgan fingerprint density at radius 2 is 2.04 bits per heavy atom. The highest BCUT2D eigenvalue weighted by Gasteiger charge is 2.31. The van der Waals surface area contributed by atoms with E-state index in [4.69, 9.17) is 28.5 Å². The number of rotatable bonds is 7. The standard InChI is InChI=1S/C29H32Cl2N8O6/c1-15(3-4-17-10-35-37-16(17)2)27(43)38-7-5-19-18(12-38)9-20(30)24(25(19)31)26(42)36-21(28(44)45)11-33-29(34-14-32)39-8-6-22(40)23(41)13-39/h3-4,9-10,21-23,37,40-41H,2,5-8,11-13H2,1H3,(H,33,34)(H,36,42)(H,44,45)/b15-3+,17-4-/t21-,22-,23-/m0/s1. The second kappa shape index (κ2) is 14.6. The molecule has 3 heterocycles. The third kappa shape index (κ3) is 7.81. The van der Waals surface area contributed by atoms with E-state index in [9.17, 15) is 29.7 Å². The molecule has 2 aliphatic rings. The third-order valence-electron chi connectivity index (χ3n) is 7.56. The number of hydrogen-bond donors (Lipinski definition) is 6. The summed E-state index contributed by atoms with van der Waals surface area (Å²) in [4.78, 5) is 45.7. The van der Waals surface area contributed by atoms with Crippen LogP contribution in [0.1, 0.15) is 34.8 Å². The van der Waals surface area contributed by atoms with E-state index in [1.807, 2.05) is 0 Å². The number of β-amino-alcohol motifs (C(OH)–C–C–N with tert-alkyl or cyclic N) is 1. The largest absolute Gasteiger partial charge is 0.480 e. The van der Waals surface area contributed by atoms with Crippen molar-refractivity contribution < 1.29 is 29.7 Å². The Morgan fingerprint density at radius 3 is 2.69 bits per heavy atom. The van der Waals surface area contributed by atoms with E-state index in [2.05, 4.69) is 32.4 Å². The molecule has 14 nitrogen and oxygen atoms in total. The molecule has 1 aromatic heterocycles. The lowest BCUT2D eigenvalue weighted by molar-refractivity contribution is -0.139. The number of aliphatic carboxylic acids is 1. The number of piperidine rings is 1. The summed E-state index contributed by atoms with van der Waals surface area (Å²) < 4.78 is 0. The molecule has 2 amide bonds. The number of halogens is 2. The maximum absolute atomic E-state index is 13.3. The van der Waals surface area contributed by atoms with Crippen LogP contribution in [-0.4, -0.2) is 103 Å². The highest BCUT2D eigenvalue weighted by molar-refractivity contribution is 6.40. The van der Waals surface area contributed by atoms with Crippen molar-refractivity contribution in [3.63, 3.8) is 0 Å². The summed E-state index contributed by atoms with van der Waals surface area (Å²) in [7, 11) is 0. The molecular weight excluding hydrogens is 627 g/mol. The summed E-state index contributed by atoms with van der Waals surface area (Å²) >= 11 is 13.1. The molecule has 6 N–H and O–H groups in total. The number of guanidine groups is 1. The number of amides is 2. The summed E-state index contributed by atoms with van der Waals surface area (Å²) in [6, 6.07) is 0.0274. The molecule has 2 aromatic rings. The van der Waals surface area contributed by atoms with Crippen LogP contribution in [0.2, 0.25) is 10.0 Å². The number of nitrogens with zero attached hydrogens (tertiary/aromatic N) is 5. The number of aliphatic imine (C=N–C) groups is 1. The molecule has 16 heteroatoms. The number of likely N-dealkylation sites (tertiary alicyclic amines) is 1. The number of aromatic nitrogens is 2. The van der Waals surface area contributed by atoms with Crippen molar-refractivity contribution in [1.29, 1.82) is 5.26 Å². The number of carbonyl (C=O) groups is 3. The van der Waals surface area contributed by atoms with Crippen molar-refractivity contribution in [1.82, 2.24) is 30.6 Å². The second-order valence-corrected chi connectivity index (χ2v) is 11.4. The van der Waals surface area contributed by atoms with Gasteiger partial charge in [0.1, 0.15) is 6.04 Å². The molecule has 0 spiro atoms. The number of carbonyl (C=O) groups excluding carboxylic acids is 2. The van der Waals surface area contributed by atoms with Crippen molar-refractivity contribution >= 4 is 59.6 Å². The number of benzene rings is 1. The Morgan fingerprint density at radius 1 is 1.29 bits per heavy atom. The fraction of sp³-hybridized carbons (Fsp3) is 0.379. The molecule has 1 aromatic carbocycles. The number of allylic oxidation sites excluding steroid dienone is 1. The van der Waals surface area contributed by atoms with Gasteiger partial charge < -0.3 is 30.4 Å². The number of hydrogen-bond acceptors (Lipinski definition) is 8. The van der Waals surface area contributed by atoms with Crippen LogP contribution in [-0.2, 0) is 22.6 Å². The van der Waals surface area contributed by atoms with Gasteiger partial charge in [0.25, 0.3) is 5.91 Å². The van der Waals surface area contributed by atoms with Gasteiger partial charge in [-0.2, -0.15) is 10.4 Å². The van der Waals surface area contributed by atoms with Crippen molar-refractivity contribution in [2.45, 2.75) is 44.6 Å². The molecular formula is C29H32Cl2N8O6. The number of carboxylic acid groups (broad SMARTS) is 1. The van der Waals surface area contributed by atoms with Crippen LogP contribution in [0.3, 0.4) is 0 Å². The first-order chi connectivity index (χ1) is 21.4. The van der Waals surface area contributed by atoms with Gasteiger partial charge in [0.2, 0.25) is 11.9 Å². The van der Waals surface area contributed by atoms with Gasteiger partial charge in [0, 0.05) is 37.0 Å². The van der Waals surface area contributed by atoms with E-state index in [1.54, 1.807) is 42.4 Å². The molecule has 2 aliphatic heterocycles. The van der Waals surface area contributed by atoms with Crippen LogP contribution in [0.25, 0.3) is 12.7 Å². The van der Waals surface area contributed by atoms with Crippen LogP contribution in [0.15, 0.2) is 28.9 Å². The summed E-state index contributed by atoms with van der Waals surface area (Å²) in [6.45, 7) is 5.84. The van der Waals surface area contributed by atoms with E-state index in [1.165, 1.54) is 4.90 Å². The lowest BCUT2D eigenvalue weighted by atomic mass is 9.96. The van der Waals surface area contributed by atoms with Gasteiger partial charge in [-0.1, -0.05) is 41.9 Å². The van der Waals surface area contributed by atoms with Crippen LogP contribution in [0, 0.1) is 11.5 Å². The van der Waals surface area contributed by atoms with Crippen molar-refractivity contribution in [3.05, 3.63) is 61.2 Å². The number of fused-ring (bicyclic) bond motifs is 1. The highest BCUT2D eigenvalue weighted by Crippen LogP contribution is 2.35. The molecule has 0 saturated carbocycles. The molecule has 0 unspecified atom stereocenters. The van der Waals surface area contributed by atoms with Gasteiger partial charge >= 0.3 is 5.97 Å². The van der Waals surface area contributed by atoms with Gasteiger partial charge in [0.05, 0.1) is 45.9 Å². The lowest BCUT2D eigenvalue weighted by Gasteiger charge is -2.34. The van der Waals surface area contributed by atoms with E-state index in [0.29, 0.717) is 35.0 Å². The quantitative estimate of drug-likeness (QED) is 0.0737. The molecule has 238 valence electrons. The summed E-state index contributed by atoms with van der Waals surface area (Å²) in [5.74, 6) is -2.43. The Balaban J connectivity index is 1.48. The minimum Gasteiger partial charge on any atom is -0.480 e. The van der Waals surface area contributed by atoms with Crippen LogP contribution in [0.5, 0.6) is 0 Å². The maximum Gasteiger partial charge on any atom is 0.328 e. The van der Waals surface area contributed by atoms with E-state index in [0.717, 1.165) is 5.22 Å². The average molecular weight is 660 g/mol. The average Bonchev–Trinajstić information content (AvgIpc) is 3.42. The smallest absolute Gasteiger partial charge is 0.328 e. The summed E-state index contributed by atoms with van der Waals surface area (Å²) in [5, 5.41) is 51.5. The summed E-state index contributed by atoms with van der Waals surface area (Å²) in [6.07, 6.45) is 5.30. The van der Waals surface area contributed by atoms with Gasteiger partial charge in [-0.3, -0.25) is 20.0 Å². The van der Waals surface area contributed by atoms with Gasteiger partial charge in [0.15, 0.2) is 6.19 Å². The topological polar surface area (TPSA) is 207 Å². The van der Waals surface area contributed by atoms with Crippen LogP contribution < -0.4 is 21.2 Å². The van der Waals surface area contributed by atoms with Crippen molar-refractivity contribution in [2.24, 2.45) is 4.99 Å². The molecule has 4 rings (SSSR count). The number of aliphatic hydroxyl groups excluding tert-OH is 2. The number of carboxylic acids is 1. The number of aromatic amines is 1. The molecule has 45 heavy (non-hydrogen) atoms. The van der Waals surface area contributed by atoms with Gasteiger partial charge in [-0.25, -0.2) is 9.79 Å². The third-order valence-corrected chi connectivity index (χ3v) is 8.28. The fourth-order valence-corrected chi connectivity index (χ4v) is 5.77. The summed E-state index contributed by atoms with van der Waals surface area (Å²) in [5.41, 5.74) is 1.68. The molecule has 3 atom stereocenters. The zero-order chi connectivity index (χ0) is 32.8. The zero-order valence-electron chi connectivity index (χ0n) is 24.3. The first-order valence-corrected chi connectivity index (χ1v) is 14.7. The molecule has 1 saturated heterocycles. The second-order valence-electron chi connectivity index (χ2n) is 10.6. The lowest BCUT2D eigenvalue weighted by Crippen LogP contribution is -2.52. The number of aliphatic hydroxyl groups is 2. The minimum atomic E-state index is -1.52. The predicted octanol–water partition coefficient (Wildman–Crippen LogP) is -0.524. The Kier molecular flexibility index (Phi) is 10.8. The highest BCUT2D eigenvalue weighted by atomic mass is 35.5. The van der Waals surface area contributed by atoms with Gasteiger partial charge in [-0.15, -0.1) is 0 Å². The number of nitriles is 1. The maximum atomic E-state index is 13.3. The minimum absolute atomic E-state index is 0.00975. The van der Waals surface area contributed by atoms with Crippen molar-refractivity contribution in [2.75, 3.05) is 26.2 Å². The zero-order valence-corrected chi connectivity index (χ0v) is 25.8. The van der Waals surface area contributed by atoms with Crippen LogP contribution >= 0.6 is 23.2 Å². The predicted molar refractivity (Wildman–Crippen MR) is 165 cm³/mol. The molecule has 0 bridgehead atoms. The van der Waals surface area contributed by atoms with Crippen LogP contribution in [0.4, 0.5) is 0 Å². The number of nitrogens with one attached hydrogen (secondary N) is 3. The first kappa shape index (κ1) is 33.5. The first-order valence-electron chi connectivity index (χ1n) is 13.9. The Hall–Kier alpha value is -4.42.